The molecule has 6 aromatic heterocycles. The van der Waals surface area contributed by atoms with Gasteiger partial charge in [0.25, 0.3) is 0 Å². The molecule has 0 saturated carbocycles. The summed E-state index contributed by atoms with van der Waals surface area (Å²) in [7, 11) is 0. The molecule has 10 rings (SSSR count). The Hall–Kier alpha value is -6.09. The Labute approximate surface area is 877 Å². The van der Waals surface area contributed by atoms with Gasteiger partial charge in [0.15, 0.2) is 23.5 Å². The number of carbonyl (C=O) groups excluding carboxylic acids is 1. The molecule has 2 fully saturated rings. The van der Waals surface area contributed by atoms with Crippen LogP contribution < -0.4 is 0 Å². The number of carbonyl (C=O) groups is 1. The van der Waals surface area contributed by atoms with Crippen LogP contribution in [0.1, 0.15) is 555 Å². The maximum atomic E-state index is 12.5. The summed E-state index contributed by atoms with van der Waals surface area (Å²) in [6.07, 6.45) is 0.431. The molecular weight excluding hydrogens is 1780 g/mol. The van der Waals surface area contributed by atoms with Crippen molar-refractivity contribution in [2.75, 3.05) is 0 Å². The third kappa shape index (κ3) is 39.1. The number of nitrogens with zero attached hydrogens (tertiary/aromatic N) is 12. The molecule has 4 aliphatic rings. The summed E-state index contributed by atoms with van der Waals surface area (Å²) in [5.74, 6) is 11.3. The van der Waals surface area contributed by atoms with Crippen LogP contribution in [0.3, 0.4) is 0 Å². The van der Waals surface area contributed by atoms with Gasteiger partial charge in [0, 0.05) is 127 Å². The summed E-state index contributed by atoms with van der Waals surface area (Å²) in [4.78, 5) is 47.1. The Kier molecular flexibility index (Phi) is 43.9. The number of hydrogen-bond donors (Lipinski definition) is 0. The lowest BCUT2D eigenvalue weighted by atomic mass is 9.71. The van der Waals surface area contributed by atoms with E-state index in [1.54, 1.807) is 0 Å². The van der Waals surface area contributed by atoms with E-state index in [2.05, 4.69) is 533 Å². The normalized spacial score (nSPS) is 21.3. The number of rotatable bonds is 0. The van der Waals surface area contributed by atoms with Crippen LogP contribution in [0.25, 0.3) is 0 Å². The van der Waals surface area contributed by atoms with Crippen LogP contribution in [0, 0.1) is 89.8 Å². The lowest BCUT2D eigenvalue weighted by Gasteiger charge is -2.41. The number of aryl methyl sites for hydroxylation is 3. The second-order valence-electron chi connectivity index (χ2n) is 62.5. The first-order valence-corrected chi connectivity index (χ1v) is 54.2. The topological polar surface area (TPSA) is 236 Å². The molecule has 2 saturated heterocycles. The predicted molar refractivity (Wildman–Crippen MR) is 605 cm³/mol. The smallest absolute Gasteiger partial charge is 0.232 e. The third-order valence-corrected chi connectivity index (χ3v) is 27.8. The summed E-state index contributed by atoms with van der Waals surface area (Å²) >= 11 is 1.86. The van der Waals surface area contributed by atoms with Crippen LogP contribution >= 0.6 is 11.3 Å². The van der Waals surface area contributed by atoms with Gasteiger partial charge in [-0.25, -0.2) is 19.9 Å². The molecular formula is C121H224N12O8S. The number of aliphatic imine (C=N–C) groups is 1. The monoisotopic (exact) mass is 2010 g/mol. The molecule has 0 bridgehead atoms. The maximum absolute atomic E-state index is 12.5. The molecule has 11 atom stereocenters. The highest BCUT2D eigenvalue weighted by molar-refractivity contribution is 7.12. The van der Waals surface area contributed by atoms with E-state index in [0.717, 1.165) is 69.7 Å². The summed E-state index contributed by atoms with van der Waals surface area (Å²) in [5, 5.41) is 21.7. The van der Waals surface area contributed by atoms with Gasteiger partial charge in [-0.1, -0.05) is 410 Å². The average Bonchev–Trinajstić information content (AvgIpc) is 1.61. The van der Waals surface area contributed by atoms with Gasteiger partial charge in [-0.15, -0.1) is 21.5 Å². The van der Waals surface area contributed by atoms with Crippen molar-refractivity contribution in [1.82, 2.24) is 50.2 Å². The fourth-order valence-electron chi connectivity index (χ4n) is 19.0. The molecule has 21 heteroatoms. The zero-order valence-corrected chi connectivity index (χ0v) is 107. The Morgan fingerprint density at radius 3 is 0.972 bits per heavy atom. The molecule has 11 unspecified atom stereocenters. The SMILES string of the molecule is CC(C)(C)c1nnc(C(C)(C)C)o1.CC(C)(C)c1noc(C(C)(C)C)n1.CC1C(C(C)(C)C)=NOC1C(C)(C)C.CC1C(C)N(C(C)(C)C)C(=O)C1C(C)(C)C.CC1C(C)N(C(C)(C)C)C(C)C1C(C)(C)C.CC1OC(C(C)(C)C)=NC1C(C)(C)C.Cc1c(C(C)(C)C)noc1C(C)(C)C.Cc1nc(C(C)(C)C)oc1C(C)(C)C.Cc1nc(C(C)(C)C)sc1C(C)(C)C.Cc1oc(C(C)(C)C)nc1C(C)(C)C. The Morgan fingerprint density at radius 1 is 0.338 bits per heavy atom. The lowest BCUT2D eigenvalue weighted by Crippen LogP contribution is -2.48. The second kappa shape index (κ2) is 46.6. The largest absolute Gasteiger partial charge is 0.475 e. The van der Waals surface area contributed by atoms with Crippen molar-refractivity contribution in [2.24, 2.45) is 72.2 Å². The molecule has 142 heavy (non-hydrogen) atoms. The maximum Gasteiger partial charge on any atom is 0.232 e. The molecule has 0 aliphatic carbocycles. The number of oxazole rings is 2. The fourth-order valence-corrected chi connectivity index (χ4v) is 20.2. The Balaban J connectivity index is 0.000000789. The minimum absolute atomic E-state index is 0.00569. The van der Waals surface area contributed by atoms with Crippen molar-refractivity contribution < 1.29 is 36.7 Å². The van der Waals surface area contributed by atoms with Crippen molar-refractivity contribution in [3.05, 3.63) is 90.8 Å². The average molecular weight is 2010 g/mol. The van der Waals surface area contributed by atoms with Gasteiger partial charge in [-0.05, 0) is 136 Å². The van der Waals surface area contributed by atoms with Gasteiger partial charge < -0.3 is 36.8 Å². The number of ether oxygens (including phenoxy) is 1. The standard InChI is InChI=1S/C15H31N.C14H27NO.C12H23NO.2C12H21NO.C12H23NO.C12H21NO.C12H21NS.2C10H18N2O/c1-10-11(2)16(15(7,8)9)12(3)13(10)14(4,5)6;1-9-10(2)15(14(6,7)8)12(16)11(9)13(3,4)5;2*1-8-9(11(2,3)4)13-10(14-8)12(5,6)7;1-8-9(11(2,3)4)14-10(13-8)12(5,6)7;2*1-8-9(11(2,3)4)13-14-10(8)12(5,6)7;1-8-9(11(2,3)4)14-10(13-8)12(5,6)7;1-9(2,3)7-11-12-8(13-7)10(4,5)6;1-9(2,3)7-11-8(13-12-7)10(4,5)6/h10-13H,1-9H3;9-11H,1-8H3;8-9H,1-7H3;2*1-7H3;8,10H,1-7H3;2*1-7H3;2*1-6H3. The van der Waals surface area contributed by atoms with Crippen molar-refractivity contribution in [1.29, 1.82) is 0 Å². The first-order chi connectivity index (χ1) is 62.1. The molecule has 0 spiro atoms. The van der Waals surface area contributed by atoms with E-state index in [9.17, 15) is 4.79 Å². The minimum atomic E-state index is -0.0647. The van der Waals surface area contributed by atoms with Gasteiger partial charge >= 0.3 is 0 Å². The molecule has 0 N–H and O–H groups in total. The second-order valence-corrected chi connectivity index (χ2v) is 63.5. The van der Waals surface area contributed by atoms with Crippen LogP contribution in [-0.2, 0) is 79.3 Å². The number of thiazole rings is 1. The first kappa shape index (κ1) is 134. The van der Waals surface area contributed by atoms with E-state index in [1.165, 1.54) is 26.9 Å². The van der Waals surface area contributed by atoms with Crippen LogP contribution in [-0.4, -0.2) is 115 Å². The van der Waals surface area contributed by atoms with E-state index < -0.39 is 0 Å². The number of amides is 1. The molecule has 4 aliphatic heterocycles. The van der Waals surface area contributed by atoms with E-state index in [4.69, 9.17) is 36.9 Å². The van der Waals surface area contributed by atoms with Crippen molar-refractivity contribution in [3.8, 4) is 0 Å². The minimum Gasteiger partial charge on any atom is -0.475 e. The number of hydrogen-bond acceptors (Lipinski definition) is 20. The van der Waals surface area contributed by atoms with E-state index in [1.807, 2.05) is 25.2 Å². The van der Waals surface area contributed by atoms with E-state index >= 15 is 0 Å². The molecule has 1 amide bonds. The van der Waals surface area contributed by atoms with E-state index in [-0.39, 0.29) is 127 Å². The van der Waals surface area contributed by atoms with Crippen LogP contribution in [0.4, 0.5) is 0 Å². The van der Waals surface area contributed by atoms with Gasteiger partial charge in [-0.3, -0.25) is 9.69 Å². The molecule has 0 radical (unpaired) electrons. The lowest BCUT2D eigenvalue weighted by molar-refractivity contribution is -0.138. The zero-order valence-electron chi connectivity index (χ0n) is 106. The molecule has 20 nitrogen and oxygen atoms in total. The first-order valence-electron chi connectivity index (χ1n) is 53.4. The van der Waals surface area contributed by atoms with Gasteiger partial charge in [0.05, 0.1) is 39.5 Å². The summed E-state index contributed by atoms with van der Waals surface area (Å²) < 4.78 is 33.6. The molecule has 822 valence electrons. The van der Waals surface area contributed by atoms with E-state index in [0.29, 0.717) is 59.0 Å². The highest BCUT2D eigenvalue weighted by atomic mass is 32.1. The Morgan fingerprint density at radius 2 is 0.768 bits per heavy atom. The quantitative estimate of drug-likeness (QED) is 0.137. The predicted octanol–water partition coefficient (Wildman–Crippen LogP) is 34.3. The van der Waals surface area contributed by atoms with Crippen molar-refractivity contribution in [2.45, 2.75) is 604 Å². The molecule has 10 heterocycles. The summed E-state index contributed by atoms with van der Waals surface area (Å²) in [6, 6.07) is 2.01. The Bertz CT molecular complexity index is 4540. The fraction of sp³-hybridized carbons (Fsp3) is 0.843. The van der Waals surface area contributed by atoms with Crippen molar-refractivity contribution >= 4 is 28.9 Å². The molecule has 0 aromatic carbocycles. The van der Waals surface area contributed by atoms with Gasteiger partial charge in [-0.2, -0.15) is 4.98 Å². The summed E-state index contributed by atoms with van der Waals surface area (Å²) in [6.45, 7) is 154. The van der Waals surface area contributed by atoms with Crippen LogP contribution in [0.5, 0.6) is 0 Å². The van der Waals surface area contributed by atoms with Crippen LogP contribution in [0.2, 0.25) is 0 Å². The third-order valence-electron chi connectivity index (χ3n) is 25.8. The highest BCUT2D eigenvalue weighted by Gasteiger charge is 2.53. The highest BCUT2D eigenvalue weighted by Crippen LogP contribution is 2.50. The number of aromatic nitrogens is 8. The zero-order chi connectivity index (χ0) is 113. The van der Waals surface area contributed by atoms with Crippen molar-refractivity contribution in [3.63, 3.8) is 0 Å². The molecule has 6 aromatic rings. The van der Waals surface area contributed by atoms with Crippen LogP contribution in [0.15, 0.2) is 32.4 Å². The number of oxime groups is 1. The van der Waals surface area contributed by atoms with Gasteiger partial charge in [0.1, 0.15) is 29.5 Å². The number of likely N-dealkylation sites (tertiary alicyclic amines) is 2. The van der Waals surface area contributed by atoms with Gasteiger partial charge in [0.2, 0.25) is 23.6 Å². The summed E-state index contributed by atoms with van der Waals surface area (Å²) in [5.41, 5.74) is 8.35.